The van der Waals surface area contributed by atoms with Crippen LogP contribution in [0.25, 0.3) is 11.4 Å². The van der Waals surface area contributed by atoms with E-state index in [1.54, 1.807) is 0 Å². The molecule has 0 saturated heterocycles. The number of rotatable bonds is 5. The summed E-state index contributed by atoms with van der Waals surface area (Å²) in [5.74, 6) is -0.464. The molecule has 98 valence electrons. The minimum Gasteiger partial charge on any atom is -0.478 e. The molecule has 4 nitrogen and oxygen atoms in total. The number of aromatic nitrogens is 2. The van der Waals surface area contributed by atoms with Crippen LogP contribution in [0.3, 0.4) is 0 Å². The van der Waals surface area contributed by atoms with Crippen LogP contribution in [-0.2, 0) is 6.42 Å². The highest BCUT2D eigenvalue weighted by Gasteiger charge is 2.05. The summed E-state index contributed by atoms with van der Waals surface area (Å²) in [6, 6.07) is 8.08. The molecule has 0 saturated carbocycles. The maximum Gasteiger partial charge on any atom is 0.338 e. The molecular formula is C15H16N2O2. The third kappa shape index (κ3) is 3.37. The Hall–Kier alpha value is -2.23. The van der Waals surface area contributed by atoms with Crippen LogP contribution in [-0.4, -0.2) is 21.0 Å². The van der Waals surface area contributed by atoms with Crippen LogP contribution < -0.4 is 0 Å². The van der Waals surface area contributed by atoms with Gasteiger partial charge >= 0.3 is 5.97 Å². The number of hydrogen-bond donors (Lipinski definition) is 1. The Kier molecular flexibility index (Phi) is 4.23. The first-order valence-corrected chi connectivity index (χ1v) is 6.35. The normalized spacial score (nSPS) is 10.4. The van der Waals surface area contributed by atoms with Crippen molar-refractivity contribution >= 4 is 5.97 Å². The van der Waals surface area contributed by atoms with E-state index < -0.39 is 5.97 Å². The summed E-state index contributed by atoms with van der Waals surface area (Å²) in [5, 5.41) is 8.79. The average Bonchev–Trinajstić information content (AvgIpc) is 2.46. The van der Waals surface area contributed by atoms with Crippen LogP contribution in [0.1, 0.15) is 35.7 Å². The molecule has 0 aliphatic rings. The highest BCUT2D eigenvalue weighted by Crippen LogP contribution is 2.16. The third-order valence-corrected chi connectivity index (χ3v) is 2.93. The van der Waals surface area contributed by atoms with Crippen molar-refractivity contribution in [3.63, 3.8) is 0 Å². The maximum absolute atomic E-state index is 10.7. The highest BCUT2D eigenvalue weighted by molar-refractivity contribution is 5.86. The molecule has 0 spiro atoms. The molecule has 1 N–H and O–H groups in total. The summed E-state index contributed by atoms with van der Waals surface area (Å²) in [7, 11) is 0. The summed E-state index contributed by atoms with van der Waals surface area (Å²) in [6.45, 7) is 2.17. The lowest BCUT2D eigenvalue weighted by Crippen LogP contribution is -1.99. The fourth-order valence-corrected chi connectivity index (χ4v) is 1.79. The van der Waals surface area contributed by atoms with Gasteiger partial charge in [0.1, 0.15) is 0 Å². The van der Waals surface area contributed by atoms with Crippen LogP contribution >= 0.6 is 0 Å². The van der Waals surface area contributed by atoms with E-state index >= 15 is 0 Å². The number of carboxylic acids is 1. The number of unbranched alkanes of at least 4 members (excludes halogenated alkanes) is 1. The molecule has 1 aromatic heterocycles. The Balaban J connectivity index is 2.15. The highest BCUT2D eigenvalue weighted by atomic mass is 16.4. The van der Waals surface area contributed by atoms with Crippen LogP contribution in [0.5, 0.6) is 0 Å². The number of aromatic carboxylic acids is 1. The maximum atomic E-state index is 10.7. The molecule has 0 unspecified atom stereocenters. The van der Waals surface area contributed by atoms with Crippen molar-refractivity contribution in [3.05, 3.63) is 47.8 Å². The fourth-order valence-electron chi connectivity index (χ4n) is 1.79. The van der Waals surface area contributed by atoms with Gasteiger partial charge in [0.2, 0.25) is 0 Å². The second-order valence-corrected chi connectivity index (χ2v) is 4.40. The molecular weight excluding hydrogens is 240 g/mol. The van der Waals surface area contributed by atoms with Gasteiger partial charge < -0.3 is 5.11 Å². The Morgan fingerprint density at radius 2 is 1.79 bits per heavy atom. The zero-order valence-corrected chi connectivity index (χ0v) is 10.8. The lowest BCUT2D eigenvalue weighted by atomic mass is 10.1. The van der Waals surface area contributed by atoms with Gasteiger partial charge in [-0.3, -0.25) is 0 Å². The number of benzene rings is 1. The molecule has 1 heterocycles. The molecule has 2 aromatic rings. The molecule has 0 radical (unpaired) electrons. The number of nitrogens with zero attached hydrogens (tertiary/aromatic N) is 2. The Labute approximate surface area is 112 Å². The Bertz CT molecular complexity index is 547. The van der Waals surface area contributed by atoms with Crippen molar-refractivity contribution in [2.24, 2.45) is 0 Å². The fraction of sp³-hybridized carbons (Fsp3) is 0.267. The van der Waals surface area contributed by atoms with E-state index in [1.165, 1.54) is 30.8 Å². The van der Waals surface area contributed by atoms with Gasteiger partial charge in [-0.15, -0.1) is 0 Å². The van der Waals surface area contributed by atoms with Gasteiger partial charge in [-0.05, 0) is 18.4 Å². The molecule has 0 aliphatic carbocycles. The summed E-state index contributed by atoms with van der Waals surface area (Å²) in [4.78, 5) is 18.9. The minimum absolute atomic E-state index is 0.100. The second-order valence-electron chi connectivity index (χ2n) is 4.40. The van der Waals surface area contributed by atoms with Gasteiger partial charge in [-0.1, -0.05) is 37.6 Å². The number of hydrogen-bond acceptors (Lipinski definition) is 3. The Morgan fingerprint density at radius 1 is 1.16 bits per heavy atom. The lowest BCUT2D eigenvalue weighted by molar-refractivity contribution is 0.0696. The van der Waals surface area contributed by atoms with E-state index in [2.05, 4.69) is 29.0 Å². The summed E-state index contributed by atoms with van der Waals surface area (Å²) in [5.41, 5.74) is 2.30. The zero-order chi connectivity index (χ0) is 13.7. The zero-order valence-electron chi connectivity index (χ0n) is 10.8. The molecule has 19 heavy (non-hydrogen) atoms. The number of aryl methyl sites for hydroxylation is 1. The van der Waals surface area contributed by atoms with Crippen LogP contribution in [0.15, 0.2) is 36.7 Å². The van der Waals surface area contributed by atoms with Crippen molar-refractivity contribution in [2.45, 2.75) is 26.2 Å². The number of carbonyl (C=O) groups is 1. The molecule has 4 heteroatoms. The SMILES string of the molecule is CCCCc1ccc(-c2ncc(C(=O)O)cn2)cc1. The molecule has 0 aliphatic heterocycles. The van der Waals surface area contributed by atoms with E-state index in [1.807, 2.05) is 12.1 Å². The minimum atomic E-state index is -1.01. The summed E-state index contributed by atoms with van der Waals surface area (Å²) < 4.78 is 0. The van der Waals surface area contributed by atoms with Gasteiger partial charge in [-0.2, -0.15) is 0 Å². The smallest absolute Gasteiger partial charge is 0.338 e. The van der Waals surface area contributed by atoms with E-state index in [0.29, 0.717) is 5.82 Å². The van der Waals surface area contributed by atoms with Crippen molar-refractivity contribution < 1.29 is 9.90 Å². The van der Waals surface area contributed by atoms with Crippen LogP contribution in [0, 0.1) is 0 Å². The van der Waals surface area contributed by atoms with E-state index in [0.717, 1.165) is 12.0 Å². The van der Waals surface area contributed by atoms with Crippen molar-refractivity contribution in [1.29, 1.82) is 0 Å². The van der Waals surface area contributed by atoms with E-state index in [9.17, 15) is 4.79 Å². The van der Waals surface area contributed by atoms with E-state index in [4.69, 9.17) is 5.11 Å². The van der Waals surface area contributed by atoms with Crippen molar-refractivity contribution in [1.82, 2.24) is 9.97 Å². The molecule has 0 bridgehead atoms. The lowest BCUT2D eigenvalue weighted by Gasteiger charge is -2.03. The first-order valence-electron chi connectivity index (χ1n) is 6.35. The molecule has 0 atom stereocenters. The number of carboxylic acid groups (broad SMARTS) is 1. The standard InChI is InChI=1S/C15H16N2O2/c1-2-3-4-11-5-7-12(8-6-11)14-16-9-13(10-17-14)15(18)19/h5-10H,2-4H2,1H3,(H,18,19). The predicted octanol–water partition coefficient (Wildman–Crippen LogP) is 3.18. The van der Waals surface area contributed by atoms with Crippen molar-refractivity contribution in [2.75, 3.05) is 0 Å². The van der Waals surface area contributed by atoms with E-state index in [-0.39, 0.29) is 5.56 Å². The predicted molar refractivity (Wildman–Crippen MR) is 73.0 cm³/mol. The third-order valence-electron chi connectivity index (χ3n) is 2.93. The van der Waals surface area contributed by atoms with Crippen molar-refractivity contribution in [3.8, 4) is 11.4 Å². The van der Waals surface area contributed by atoms with Gasteiger partial charge in [-0.25, -0.2) is 14.8 Å². The largest absolute Gasteiger partial charge is 0.478 e. The van der Waals surface area contributed by atoms with Gasteiger partial charge in [0.15, 0.2) is 5.82 Å². The molecule has 1 aromatic carbocycles. The van der Waals surface area contributed by atoms with Gasteiger partial charge in [0.05, 0.1) is 5.56 Å². The van der Waals surface area contributed by atoms with Gasteiger partial charge in [0.25, 0.3) is 0 Å². The quantitative estimate of drug-likeness (QED) is 0.892. The topological polar surface area (TPSA) is 63.1 Å². The Morgan fingerprint density at radius 3 is 2.32 bits per heavy atom. The molecule has 0 fully saturated rings. The second kappa shape index (κ2) is 6.09. The average molecular weight is 256 g/mol. The monoisotopic (exact) mass is 256 g/mol. The first kappa shape index (κ1) is 13.2. The van der Waals surface area contributed by atoms with Crippen LogP contribution in [0.4, 0.5) is 0 Å². The van der Waals surface area contributed by atoms with Crippen LogP contribution in [0.2, 0.25) is 0 Å². The van der Waals surface area contributed by atoms with Gasteiger partial charge in [0, 0.05) is 18.0 Å². The summed E-state index contributed by atoms with van der Waals surface area (Å²) in [6.07, 6.45) is 6.10. The molecule has 0 amide bonds. The summed E-state index contributed by atoms with van der Waals surface area (Å²) >= 11 is 0. The first-order chi connectivity index (χ1) is 9.20. The molecule has 2 rings (SSSR count).